The van der Waals surface area contributed by atoms with E-state index in [1.165, 1.54) is 4.57 Å². The molecule has 0 atom stereocenters. The van der Waals surface area contributed by atoms with E-state index in [2.05, 4.69) is 11.8 Å². The van der Waals surface area contributed by atoms with Gasteiger partial charge in [0.2, 0.25) is 5.88 Å². The summed E-state index contributed by atoms with van der Waals surface area (Å²) in [4.78, 5) is 12.5. The molecule has 0 bridgehead atoms. The molecule has 1 N–H and O–H groups in total. The molecular weight excluding hydrogens is 350 g/mol. The molecule has 1 aromatic heterocycles. The van der Waals surface area contributed by atoms with Gasteiger partial charge >= 0.3 is 5.69 Å². The van der Waals surface area contributed by atoms with Gasteiger partial charge in [-0.1, -0.05) is 30.0 Å². The number of imidazole rings is 1. The summed E-state index contributed by atoms with van der Waals surface area (Å²) in [5.41, 5.74) is -1.20. The Kier molecular flexibility index (Phi) is 4.63. The highest BCUT2D eigenvalue weighted by molar-refractivity contribution is 5.48. The summed E-state index contributed by atoms with van der Waals surface area (Å²) in [5.74, 6) is 2.99. The molecule has 0 saturated heterocycles. The van der Waals surface area contributed by atoms with Gasteiger partial charge < -0.3 is 5.11 Å². The Bertz CT molecular complexity index is 1090. The average Bonchev–Trinajstić information content (AvgIpc) is 2.89. The van der Waals surface area contributed by atoms with Crippen LogP contribution in [0.15, 0.2) is 53.5 Å². The second-order valence-electron chi connectivity index (χ2n) is 7.05. The number of aromatic nitrogens is 2. The zero-order valence-corrected chi connectivity index (χ0v) is 15.1. The summed E-state index contributed by atoms with van der Waals surface area (Å²) < 4.78 is 31.0. The van der Waals surface area contributed by atoms with Crippen LogP contribution in [0.1, 0.15) is 31.9 Å². The predicted octanol–water partition coefficient (Wildman–Crippen LogP) is 3.78. The van der Waals surface area contributed by atoms with E-state index in [4.69, 9.17) is 0 Å². The molecule has 4 nitrogen and oxygen atoms in total. The summed E-state index contributed by atoms with van der Waals surface area (Å²) in [6.45, 7) is 5.23. The molecule has 0 radical (unpaired) electrons. The Hall–Kier alpha value is -3.33. The van der Waals surface area contributed by atoms with E-state index >= 15 is 0 Å². The fourth-order valence-corrected chi connectivity index (χ4v) is 2.64. The first-order valence-electron chi connectivity index (χ1n) is 8.29. The Balaban J connectivity index is 2.09. The molecule has 27 heavy (non-hydrogen) atoms. The Labute approximate surface area is 155 Å². The van der Waals surface area contributed by atoms with Crippen LogP contribution in [-0.4, -0.2) is 14.2 Å². The maximum absolute atomic E-state index is 14.6. The topological polar surface area (TPSA) is 47.2 Å². The minimum Gasteiger partial charge on any atom is -0.493 e. The van der Waals surface area contributed by atoms with Crippen LogP contribution in [0, 0.1) is 23.5 Å². The van der Waals surface area contributed by atoms with Crippen molar-refractivity contribution in [1.29, 1.82) is 0 Å². The SMILES string of the molecule is CC(C)(C)n1cc(O)n(-c2c(F)cc(C#Cc3ccccc3)cc2F)c1=O. The fraction of sp³-hybridized carbons (Fsp3) is 0.190. The van der Waals surface area contributed by atoms with Crippen LogP contribution < -0.4 is 5.69 Å². The smallest absolute Gasteiger partial charge is 0.336 e. The van der Waals surface area contributed by atoms with Crippen molar-refractivity contribution in [1.82, 2.24) is 9.13 Å². The molecular formula is C21H18F2N2O2. The number of hydrogen-bond acceptors (Lipinski definition) is 2. The van der Waals surface area contributed by atoms with E-state index in [9.17, 15) is 18.7 Å². The van der Waals surface area contributed by atoms with Crippen LogP contribution in [0.25, 0.3) is 5.69 Å². The van der Waals surface area contributed by atoms with Crippen LogP contribution in [0.4, 0.5) is 8.78 Å². The number of benzene rings is 2. The van der Waals surface area contributed by atoms with Crippen molar-refractivity contribution < 1.29 is 13.9 Å². The van der Waals surface area contributed by atoms with E-state index in [0.29, 0.717) is 10.1 Å². The third-order valence-electron chi connectivity index (χ3n) is 3.96. The lowest BCUT2D eigenvalue weighted by Crippen LogP contribution is -2.34. The average molecular weight is 368 g/mol. The van der Waals surface area contributed by atoms with E-state index < -0.39 is 34.4 Å². The maximum atomic E-state index is 14.6. The maximum Gasteiger partial charge on any atom is 0.336 e. The molecule has 0 spiro atoms. The molecule has 3 aromatic rings. The van der Waals surface area contributed by atoms with E-state index in [1.807, 2.05) is 18.2 Å². The van der Waals surface area contributed by atoms with E-state index in [0.717, 1.165) is 18.3 Å². The Morgan fingerprint density at radius 1 is 0.963 bits per heavy atom. The summed E-state index contributed by atoms with van der Waals surface area (Å²) >= 11 is 0. The van der Waals surface area contributed by atoms with Gasteiger partial charge in [-0.05, 0) is 45.0 Å². The van der Waals surface area contributed by atoms with Crippen LogP contribution in [0.5, 0.6) is 5.88 Å². The van der Waals surface area contributed by atoms with E-state index in [1.54, 1.807) is 32.9 Å². The molecule has 0 aliphatic heterocycles. The molecule has 138 valence electrons. The molecule has 0 aliphatic rings. The fourth-order valence-electron chi connectivity index (χ4n) is 2.64. The van der Waals surface area contributed by atoms with Gasteiger partial charge in [0.25, 0.3) is 0 Å². The molecule has 0 saturated carbocycles. The molecule has 0 amide bonds. The van der Waals surface area contributed by atoms with Crippen molar-refractivity contribution in [3.63, 3.8) is 0 Å². The number of hydrogen-bond donors (Lipinski definition) is 1. The molecule has 6 heteroatoms. The van der Waals surface area contributed by atoms with Gasteiger partial charge in [-0.3, -0.25) is 4.57 Å². The second kappa shape index (κ2) is 6.76. The highest BCUT2D eigenvalue weighted by Crippen LogP contribution is 2.24. The van der Waals surface area contributed by atoms with Crippen molar-refractivity contribution in [3.8, 4) is 23.4 Å². The summed E-state index contributed by atoms with van der Waals surface area (Å²) in [6.07, 6.45) is 1.16. The third kappa shape index (κ3) is 3.63. The van der Waals surface area contributed by atoms with Gasteiger partial charge in [0.05, 0.1) is 6.20 Å². The first-order chi connectivity index (χ1) is 12.7. The van der Waals surface area contributed by atoms with Gasteiger partial charge in [-0.15, -0.1) is 0 Å². The van der Waals surface area contributed by atoms with Crippen molar-refractivity contribution in [2.45, 2.75) is 26.3 Å². The molecule has 0 fully saturated rings. The highest BCUT2D eigenvalue weighted by atomic mass is 19.1. The Morgan fingerprint density at radius 3 is 2.04 bits per heavy atom. The minimum absolute atomic E-state index is 0.125. The first kappa shape index (κ1) is 18.5. The molecule has 2 aromatic carbocycles. The predicted molar refractivity (Wildman–Crippen MR) is 99.0 cm³/mol. The molecule has 0 aliphatic carbocycles. The van der Waals surface area contributed by atoms with Gasteiger partial charge in [-0.2, -0.15) is 0 Å². The van der Waals surface area contributed by atoms with Gasteiger partial charge in [0, 0.05) is 16.7 Å². The second-order valence-corrected chi connectivity index (χ2v) is 7.05. The number of nitrogens with zero attached hydrogens (tertiary/aromatic N) is 2. The summed E-state index contributed by atoms with van der Waals surface area (Å²) in [5, 5.41) is 10.1. The molecule has 3 rings (SSSR count). The minimum atomic E-state index is -0.989. The van der Waals surface area contributed by atoms with Crippen molar-refractivity contribution in [2.75, 3.05) is 0 Å². The summed E-state index contributed by atoms with van der Waals surface area (Å²) in [7, 11) is 0. The number of rotatable bonds is 1. The van der Waals surface area contributed by atoms with E-state index in [-0.39, 0.29) is 5.56 Å². The summed E-state index contributed by atoms with van der Waals surface area (Å²) in [6, 6.07) is 11.1. The van der Waals surface area contributed by atoms with Crippen molar-refractivity contribution >= 4 is 0 Å². The first-order valence-corrected chi connectivity index (χ1v) is 8.29. The number of aromatic hydroxyl groups is 1. The third-order valence-corrected chi connectivity index (χ3v) is 3.96. The standard InChI is InChI=1S/C21H18F2N2O2/c1-21(2,3)24-13-18(26)25(20(24)27)19-16(22)11-15(12-17(19)23)10-9-14-7-5-4-6-8-14/h4-8,11-13,26H,1-3H3. The zero-order valence-electron chi connectivity index (χ0n) is 15.1. The van der Waals surface area contributed by atoms with Crippen LogP contribution >= 0.6 is 0 Å². The van der Waals surface area contributed by atoms with Crippen LogP contribution in [0.2, 0.25) is 0 Å². The quantitative estimate of drug-likeness (QED) is 0.665. The lowest BCUT2D eigenvalue weighted by Gasteiger charge is -2.18. The number of halogens is 2. The highest BCUT2D eigenvalue weighted by Gasteiger charge is 2.24. The van der Waals surface area contributed by atoms with Crippen molar-refractivity contribution in [3.05, 3.63) is 81.9 Å². The zero-order chi connectivity index (χ0) is 19.8. The van der Waals surface area contributed by atoms with Crippen LogP contribution in [0.3, 0.4) is 0 Å². The van der Waals surface area contributed by atoms with Gasteiger partial charge in [0.15, 0.2) is 11.6 Å². The lowest BCUT2D eigenvalue weighted by atomic mass is 10.1. The van der Waals surface area contributed by atoms with Gasteiger partial charge in [0.1, 0.15) is 5.69 Å². The monoisotopic (exact) mass is 368 g/mol. The Morgan fingerprint density at radius 2 is 1.52 bits per heavy atom. The van der Waals surface area contributed by atoms with Crippen molar-refractivity contribution in [2.24, 2.45) is 0 Å². The van der Waals surface area contributed by atoms with Gasteiger partial charge in [-0.25, -0.2) is 18.1 Å². The largest absolute Gasteiger partial charge is 0.493 e. The normalized spacial score (nSPS) is 11.1. The lowest BCUT2D eigenvalue weighted by molar-refractivity contribution is 0.381. The molecule has 1 heterocycles. The molecule has 0 unspecified atom stereocenters. The van der Waals surface area contributed by atoms with Crippen LogP contribution in [-0.2, 0) is 5.54 Å².